The Morgan fingerprint density at radius 1 is 1.18 bits per heavy atom. The van der Waals surface area contributed by atoms with Crippen molar-refractivity contribution < 1.29 is 10.2 Å². The van der Waals surface area contributed by atoms with E-state index < -0.39 is 0 Å². The molecule has 0 aromatic heterocycles. The molecule has 0 heterocycles. The first-order valence-electron chi connectivity index (χ1n) is 8.85. The van der Waals surface area contributed by atoms with Crippen molar-refractivity contribution in [3.8, 4) is 0 Å². The molecule has 3 aliphatic carbocycles. The molecule has 3 aliphatic rings. The number of allylic oxidation sites excluding steroid dienone is 2. The zero-order valence-corrected chi connectivity index (χ0v) is 14.6. The monoisotopic (exact) mass is 304 g/mol. The van der Waals surface area contributed by atoms with E-state index in [0.717, 1.165) is 32.1 Å². The molecule has 2 saturated carbocycles. The zero-order chi connectivity index (χ0) is 16.3. The van der Waals surface area contributed by atoms with E-state index >= 15 is 0 Å². The van der Waals surface area contributed by atoms with Crippen LogP contribution in [0.25, 0.3) is 0 Å². The van der Waals surface area contributed by atoms with Crippen LogP contribution in [0.15, 0.2) is 24.3 Å². The molecule has 0 bridgehead atoms. The van der Waals surface area contributed by atoms with Gasteiger partial charge in [0.1, 0.15) is 0 Å². The van der Waals surface area contributed by atoms with Crippen LogP contribution in [0.5, 0.6) is 0 Å². The molecule has 2 N–H and O–H groups in total. The van der Waals surface area contributed by atoms with Crippen LogP contribution in [0.4, 0.5) is 0 Å². The molecule has 0 aliphatic heterocycles. The van der Waals surface area contributed by atoms with E-state index in [9.17, 15) is 10.2 Å². The predicted octanol–water partition coefficient (Wildman–Crippen LogP) is 4.08. The molecule has 0 aromatic rings. The summed E-state index contributed by atoms with van der Waals surface area (Å²) < 4.78 is 0. The highest BCUT2D eigenvalue weighted by Gasteiger charge is 2.58. The van der Waals surface area contributed by atoms with Crippen molar-refractivity contribution in [2.45, 2.75) is 72.0 Å². The standard InChI is InChI=1S/C20H32O2/c1-6-19(4)11-13-7-8-15-18(2,3)16(22)9-10-20(15,5)17(13)14(21)12-19/h6,11,14-17,21-22H,1,7-10,12H2,2-5H3/t14-,15-,16-,17+,19-,20-/m1/s1. The molecule has 2 nitrogen and oxygen atoms in total. The Hall–Kier alpha value is -0.600. The first-order valence-corrected chi connectivity index (χ1v) is 8.85. The minimum absolute atomic E-state index is 0.0581. The van der Waals surface area contributed by atoms with Gasteiger partial charge in [0.2, 0.25) is 0 Å². The largest absolute Gasteiger partial charge is 0.393 e. The molecule has 2 heteroatoms. The molecular weight excluding hydrogens is 272 g/mol. The molecule has 0 spiro atoms. The van der Waals surface area contributed by atoms with Crippen LogP contribution in [0.3, 0.4) is 0 Å². The first-order chi connectivity index (χ1) is 10.1. The summed E-state index contributed by atoms with van der Waals surface area (Å²) in [6, 6.07) is 0. The molecule has 124 valence electrons. The van der Waals surface area contributed by atoms with Crippen molar-refractivity contribution in [1.29, 1.82) is 0 Å². The molecule has 2 fully saturated rings. The summed E-state index contributed by atoms with van der Waals surface area (Å²) in [5, 5.41) is 21.4. The number of rotatable bonds is 1. The predicted molar refractivity (Wildman–Crippen MR) is 90.4 cm³/mol. The first kappa shape index (κ1) is 16.3. The fraction of sp³-hybridized carbons (Fsp3) is 0.800. The average Bonchev–Trinajstić information content (AvgIpc) is 2.42. The molecule has 0 saturated heterocycles. The Labute approximate surface area is 135 Å². The van der Waals surface area contributed by atoms with Crippen molar-refractivity contribution >= 4 is 0 Å². The Morgan fingerprint density at radius 3 is 2.50 bits per heavy atom. The minimum atomic E-state index is -0.290. The quantitative estimate of drug-likeness (QED) is 0.717. The van der Waals surface area contributed by atoms with Gasteiger partial charge in [0, 0.05) is 11.3 Å². The molecular formula is C20H32O2. The maximum absolute atomic E-state index is 11.0. The normalized spacial score (nSPS) is 50.5. The Kier molecular flexibility index (Phi) is 3.66. The van der Waals surface area contributed by atoms with Crippen molar-refractivity contribution in [2.24, 2.45) is 28.1 Å². The highest BCUT2D eigenvalue weighted by atomic mass is 16.3. The summed E-state index contributed by atoms with van der Waals surface area (Å²) >= 11 is 0. The van der Waals surface area contributed by atoms with Crippen LogP contribution in [0.1, 0.15) is 59.8 Å². The van der Waals surface area contributed by atoms with Gasteiger partial charge in [0.15, 0.2) is 0 Å². The third-order valence-corrected chi connectivity index (χ3v) is 7.36. The van der Waals surface area contributed by atoms with E-state index in [4.69, 9.17) is 0 Å². The zero-order valence-electron chi connectivity index (χ0n) is 14.6. The topological polar surface area (TPSA) is 40.5 Å². The van der Waals surface area contributed by atoms with E-state index in [1.165, 1.54) is 5.57 Å². The second-order valence-electron chi connectivity index (χ2n) is 9.15. The number of hydrogen-bond acceptors (Lipinski definition) is 2. The van der Waals surface area contributed by atoms with Gasteiger partial charge in [-0.05, 0) is 48.9 Å². The van der Waals surface area contributed by atoms with Gasteiger partial charge in [-0.15, -0.1) is 6.58 Å². The second-order valence-corrected chi connectivity index (χ2v) is 9.15. The van der Waals surface area contributed by atoms with Crippen LogP contribution in [-0.4, -0.2) is 22.4 Å². The highest BCUT2D eigenvalue weighted by molar-refractivity contribution is 5.28. The van der Waals surface area contributed by atoms with E-state index in [-0.39, 0.29) is 34.4 Å². The summed E-state index contributed by atoms with van der Waals surface area (Å²) in [4.78, 5) is 0. The number of hydrogen-bond donors (Lipinski definition) is 2. The molecule has 0 radical (unpaired) electrons. The molecule has 0 amide bonds. The number of aliphatic hydroxyl groups is 2. The maximum Gasteiger partial charge on any atom is 0.0622 e. The summed E-state index contributed by atoms with van der Waals surface area (Å²) in [6.45, 7) is 13.0. The highest BCUT2D eigenvalue weighted by Crippen LogP contribution is 2.63. The summed E-state index contributed by atoms with van der Waals surface area (Å²) in [5.41, 5.74) is 1.41. The van der Waals surface area contributed by atoms with E-state index in [2.05, 4.69) is 40.3 Å². The van der Waals surface area contributed by atoms with E-state index in [1.807, 2.05) is 6.08 Å². The summed E-state index contributed by atoms with van der Waals surface area (Å²) in [6.07, 6.45) is 8.71. The molecule has 3 rings (SSSR count). The van der Waals surface area contributed by atoms with Gasteiger partial charge < -0.3 is 10.2 Å². The van der Waals surface area contributed by atoms with Gasteiger partial charge in [0.25, 0.3) is 0 Å². The van der Waals surface area contributed by atoms with Crippen molar-refractivity contribution in [3.63, 3.8) is 0 Å². The lowest BCUT2D eigenvalue weighted by Gasteiger charge is -2.61. The SMILES string of the molecule is C=C[C@]1(C)C=C2CC[C@@H]3C(C)(C)[C@H](O)CC[C@@]3(C)[C@@H]2[C@H](O)C1. The van der Waals surface area contributed by atoms with Crippen LogP contribution in [0.2, 0.25) is 0 Å². The van der Waals surface area contributed by atoms with E-state index in [1.54, 1.807) is 0 Å². The van der Waals surface area contributed by atoms with Crippen LogP contribution >= 0.6 is 0 Å². The fourth-order valence-corrected chi connectivity index (χ4v) is 6.08. The molecule has 0 unspecified atom stereocenters. The van der Waals surface area contributed by atoms with Crippen LogP contribution in [0, 0.1) is 28.1 Å². The van der Waals surface area contributed by atoms with E-state index in [0.29, 0.717) is 5.92 Å². The number of fused-ring (bicyclic) bond motifs is 3. The van der Waals surface area contributed by atoms with Gasteiger partial charge in [0.05, 0.1) is 12.2 Å². The van der Waals surface area contributed by atoms with Crippen molar-refractivity contribution in [2.75, 3.05) is 0 Å². The Balaban J connectivity index is 2.03. The van der Waals surface area contributed by atoms with Gasteiger partial charge in [-0.25, -0.2) is 0 Å². The van der Waals surface area contributed by atoms with Gasteiger partial charge in [-0.1, -0.05) is 45.4 Å². The lowest BCUT2D eigenvalue weighted by atomic mass is 9.44. The van der Waals surface area contributed by atoms with Crippen LogP contribution in [-0.2, 0) is 0 Å². The molecule has 6 atom stereocenters. The van der Waals surface area contributed by atoms with Gasteiger partial charge >= 0.3 is 0 Å². The maximum atomic E-state index is 11.0. The smallest absolute Gasteiger partial charge is 0.0622 e. The molecule has 0 aromatic carbocycles. The van der Waals surface area contributed by atoms with Crippen molar-refractivity contribution in [1.82, 2.24) is 0 Å². The fourth-order valence-electron chi connectivity index (χ4n) is 6.08. The Morgan fingerprint density at radius 2 is 1.86 bits per heavy atom. The Bertz CT molecular complexity index is 506. The molecule has 22 heavy (non-hydrogen) atoms. The number of aliphatic hydroxyl groups excluding tert-OH is 2. The van der Waals surface area contributed by atoms with Gasteiger partial charge in [-0.3, -0.25) is 0 Å². The summed E-state index contributed by atoms with van der Waals surface area (Å²) in [7, 11) is 0. The summed E-state index contributed by atoms with van der Waals surface area (Å²) in [5.74, 6) is 0.736. The third kappa shape index (κ3) is 2.14. The van der Waals surface area contributed by atoms with Gasteiger partial charge in [-0.2, -0.15) is 0 Å². The average molecular weight is 304 g/mol. The second kappa shape index (κ2) is 4.95. The third-order valence-electron chi connectivity index (χ3n) is 7.36. The van der Waals surface area contributed by atoms with Crippen molar-refractivity contribution in [3.05, 3.63) is 24.3 Å². The van der Waals surface area contributed by atoms with Crippen LogP contribution < -0.4 is 0 Å². The minimum Gasteiger partial charge on any atom is -0.393 e. The lowest BCUT2D eigenvalue weighted by Crippen LogP contribution is -2.58. The lowest BCUT2D eigenvalue weighted by molar-refractivity contribution is -0.146.